The van der Waals surface area contributed by atoms with Crippen molar-refractivity contribution in [3.63, 3.8) is 0 Å². The molecular formula is C20H15F2N5O3S. The van der Waals surface area contributed by atoms with Gasteiger partial charge in [0.05, 0.1) is 28.7 Å². The van der Waals surface area contributed by atoms with E-state index in [0.717, 1.165) is 28.0 Å². The summed E-state index contributed by atoms with van der Waals surface area (Å²) in [5.74, 6) is -1.95. The number of carbonyl (C=O) groups is 1. The molecule has 0 saturated carbocycles. The minimum atomic E-state index is -0.760. The predicted octanol–water partition coefficient (Wildman–Crippen LogP) is 2.22. The minimum Gasteiger partial charge on any atom is -0.302 e. The Labute approximate surface area is 177 Å². The van der Waals surface area contributed by atoms with Gasteiger partial charge in [0.2, 0.25) is 5.91 Å². The van der Waals surface area contributed by atoms with Gasteiger partial charge in [-0.3, -0.25) is 23.7 Å². The molecule has 8 nitrogen and oxygen atoms in total. The standard InChI is InChI=1S/C20H15F2N5O3S/c1-26-15-5-6-23-13(17(15)18(29)27(2)20(26)30)8-16(28)25-19-24-14(9-31-19)11-4-3-10(21)7-12(11)22/h3-7,9H,8H2,1-2H3,(H,24,25,28). The molecule has 0 radical (unpaired) electrons. The lowest BCUT2D eigenvalue weighted by Crippen LogP contribution is -2.37. The maximum Gasteiger partial charge on any atom is 0.330 e. The normalized spacial score (nSPS) is 11.1. The van der Waals surface area contributed by atoms with E-state index in [-0.39, 0.29) is 33.9 Å². The number of nitrogens with zero attached hydrogens (tertiary/aromatic N) is 4. The van der Waals surface area contributed by atoms with Crippen LogP contribution in [0.25, 0.3) is 22.2 Å². The molecule has 0 aliphatic rings. The second-order valence-corrected chi connectivity index (χ2v) is 7.60. The fraction of sp³-hybridized carbons (Fsp3) is 0.150. The summed E-state index contributed by atoms with van der Waals surface area (Å²) in [7, 11) is 2.88. The summed E-state index contributed by atoms with van der Waals surface area (Å²) in [6.45, 7) is 0. The molecule has 1 aromatic carbocycles. The number of halogens is 2. The molecule has 4 rings (SSSR count). The van der Waals surface area contributed by atoms with Crippen LogP contribution in [-0.4, -0.2) is 25.0 Å². The molecule has 158 valence electrons. The molecular weight excluding hydrogens is 428 g/mol. The van der Waals surface area contributed by atoms with E-state index in [0.29, 0.717) is 5.52 Å². The molecule has 4 aromatic rings. The van der Waals surface area contributed by atoms with Gasteiger partial charge in [-0.2, -0.15) is 0 Å². The first-order chi connectivity index (χ1) is 14.8. The number of benzene rings is 1. The Morgan fingerprint density at radius 3 is 2.68 bits per heavy atom. The molecule has 0 spiro atoms. The number of thiazole rings is 1. The second-order valence-electron chi connectivity index (χ2n) is 6.74. The number of fused-ring (bicyclic) bond motifs is 1. The first-order valence-electron chi connectivity index (χ1n) is 9.00. The first kappa shape index (κ1) is 20.5. The number of hydrogen-bond donors (Lipinski definition) is 1. The maximum atomic E-state index is 13.9. The van der Waals surface area contributed by atoms with Gasteiger partial charge in [0.1, 0.15) is 11.6 Å². The van der Waals surface area contributed by atoms with E-state index in [1.165, 1.54) is 42.4 Å². The molecule has 0 unspecified atom stereocenters. The predicted molar refractivity (Wildman–Crippen MR) is 112 cm³/mol. The minimum absolute atomic E-state index is 0.110. The average molecular weight is 443 g/mol. The number of rotatable bonds is 4. The van der Waals surface area contributed by atoms with Crippen LogP contribution in [0.15, 0.2) is 45.4 Å². The molecule has 0 fully saturated rings. The van der Waals surface area contributed by atoms with Crippen molar-refractivity contribution in [3.05, 3.63) is 74.0 Å². The van der Waals surface area contributed by atoms with Crippen LogP contribution >= 0.6 is 11.3 Å². The number of amides is 1. The van der Waals surface area contributed by atoms with E-state index >= 15 is 0 Å². The monoisotopic (exact) mass is 443 g/mol. The molecule has 0 atom stereocenters. The lowest BCUT2D eigenvalue weighted by molar-refractivity contribution is -0.115. The molecule has 3 heterocycles. The summed E-state index contributed by atoms with van der Waals surface area (Å²) < 4.78 is 29.3. The fourth-order valence-electron chi connectivity index (χ4n) is 3.19. The summed E-state index contributed by atoms with van der Waals surface area (Å²) >= 11 is 1.07. The molecule has 0 aliphatic heterocycles. The van der Waals surface area contributed by atoms with Gasteiger partial charge in [-0.15, -0.1) is 11.3 Å². The van der Waals surface area contributed by atoms with Crippen LogP contribution in [0.3, 0.4) is 0 Å². The van der Waals surface area contributed by atoms with Gasteiger partial charge in [0.25, 0.3) is 5.56 Å². The Balaban J connectivity index is 1.61. The molecule has 1 N–H and O–H groups in total. The Morgan fingerprint density at radius 1 is 1.16 bits per heavy atom. The van der Waals surface area contributed by atoms with E-state index in [9.17, 15) is 23.2 Å². The number of carbonyl (C=O) groups excluding carboxylic acids is 1. The summed E-state index contributed by atoms with van der Waals surface area (Å²) in [6, 6.07) is 4.68. The molecule has 0 aliphatic carbocycles. The van der Waals surface area contributed by atoms with Crippen LogP contribution in [-0.2, 0) is 25.3 Å². The van der Waals surface area contributed by atoms with E-state index in [1.807, 2.05) is 0 Å². The molecule has 31 heavy (non-hydrogen) atoms. The average Bonchev–Trinajstić information content (AvgIpc) is 3.18. The van der Waals surface area contributed by atoms with Gasteiger partial charge in [-0.1, -0.05) is 0 Å². The van der Waals surface area contributed by atoms with Crippen LogP contribution in [0.1, 0.15) is 5.69 Å². The first-order valence-corrected chi connectivity index (χ1v) is 9.88. The Bertz CT molecular complexity index is 1460. The third-order valence-corrected chi connectivity index (χ3v) is 5.50. The summed E-state index contributed by atoms with van der Waals surface area (Å²) in [5, 5.41) is 4.51. The molecule has 11 heteroatoms. The van der Waals surface area contributed by atoms with Crippen molar-refractivity contribution in [3.8, 4) is 11.3 Å². The number of pyridine rings is 1. The lowest BCUT2D eigenvalue weighted by Gasteiger charge is -2.10. The number of aromatic nitrogens is 4. The quantitative estimate of drug-likeness (QED) is 0.522. The molecule has 3 aromatic heterocycles. The van der Waals surface area contributed by atoms with Crippen LogP contribution < -0.4 is 16.6 Å². The Hall–Kier alpha value is -3.73. The van der Waals surface area contributed by atoms with Crippen molar-refractivity contribution >= 4 is 33.3 Å². The van der Waals surface area contributed by atoms with Crippen LogP contribution in [0.4, 0.5) is 13.9 Å². The highest BCUT2D eigenvalue weighted by molar-refractivity contribution is 7.14. The third kappa shape index (κ3) is 3.75. The lowest BCUT2D eigenvalue weighted by atomic mass is 10.1. The van der Waals surface area contributed by atoms with Crippen molar-refractivity contribution < 1.29 is 13.6 Å². The van der Waals surface area contributed by atoms with Gasteiger partial charge in [0, 0.05) is 37.3 Å². The SMILES string of the molecule is Cn1c(=O)c2c(CC(=O)Nc3nc(-c4ccc(F)cc4F)cs3)nccc2n(C)c1=O. The van der Waals surface area contributed by atoms with Crippen molar-refractivity contribution in [2.45, 2.75) is 6.42 Å². The van der Waals surface area contributed by atoms with Crippen LogP contribution in [0, 0.1) is 11.6 Å². The largest absolute Gasteiger partial charge is 0.330 e. The molecule has 1 amide bonds. The maximum absolute atomic E-state index is 13.9. The third-order valence-electron chi connectivity index (χ3n) is 4.75. The van der Waals surface area contributed by atoms with Crippen molar-refractivity contribution in [2.75, 3.05) is 5.32 Å². The highest BCUT2D eigenvalue weighted by Crippen LogP contribution is 2.27. The zero-order valence-corrected chi connectivity index (χ0v) is 17.2. The van der Waals surface area contributed by atoms with Gasteiger partial charge in [-0.05, 0) is 18.2 Å². The highest BCUT2D eigenvalue weighted by atomic mass is 32.1. The Kier molecular flexibility index (Phi) is 5.19. The van der Waals surface area contributed by atoms with E-state index in [2.05, 4.69) is 15.3 Å². The van der Waals surface area contributed by atoms with Gasteiger partial charge in [0.15, 0.2) is 5.13 Å². The van der Waals surface area contributed by atoms with E-state index in [4.69, 9.17) is 0 Å². The smallest absolute Gasteiger partial charge is 0.302 e. The van der Waals surface area contributed by atoms with Gasteiger partial charge < -0.3 is 5.32 Å². The summed E-state index contributed by atoms with van der Waals surface area (Å²) in [4.78, 5) is 45.5. The van der Waals surface area contributed by atoms with E-state index in [1.54, 1.807) is 0 Å². The summed E-state index contributed by atoms with van der Waals surface area (Å²) in [6.07, 6.45) is 1.19. The number of nitrogens with one attached hydrogen (secondary N) is 1. The van der Waals surface area contributed by atoms with E-state index < -0.39 is 28.8 Å². The van der Waals surface area contributed by atoms with Crippen LogP contribution in [0.5, 0.6) is 0 Å². The van der Waals surface area contributed by atoms with Crippen molar-refractivity contribution in [1.82, 2.24) is 19.1 Å². The fourth-order valence-corrected chi connectivity index (χ4v) is 3.92. The zero-order valence-electron chi connectivity index (χ0n) is 16.3. The second kappa shape index (κ2) is 7.84. The van der Waals surface area contributed by atoms with Crippen molar-refractivity contribution in [2.24, 2.45) is 14.1 Å². The van der Waals surface area contributed by atoms with Gasteiger partial charge in [-0.25, -0.2) is 18.6 Å². The van der Waals surface area contributed by atoms with Crippen molar-refractivity contribution in [1.29, 1.82) is 0 Å². The molecule has 0 saturated heterocycles. The Morgan fingerprint density at radius 2 is 1.94 bits per heavy atom. The summed E-state index contributed by atoms with van der Waals surface area (Å²) in [5.41, 5.74) is -0.0789. The topological polar surface area (TPSA) is 98.9 Å². The number of anilines is 1. The van der Waals surface area contributed by atoms with Gasteiger partial charge >= 0.3 is 5.69 Å². The molecule has 0 bridgehead atoms. The number of hydrogen-bond acceptors (Lipinski definition) is 6. The highest BCUT2D eigenvalue weighted by Gasteiger charge is 2.17. The van der Waals surface area contributed by atoms with Crippen LogP contribution in [0.2, 0.25) is 0 Å². The zero-order chi connectivity index (χ0) is 22.3. The number of aryl methyl sites for hydroxylation is 1.